The highest BCUT2D eigenvalue weighted by atomic mass is 35.5. The van der Waals surface area contributed by atoms with Crippen molar-refractivity contribution in [1.82, 2.24) is 10.2 Å². The molecule has 1 heterocycles. The predicted molar refractivity (Wildman–Crippen MR) is 80.3 cm³/mol. The van der Waals surface area contributed by atoms with Crippen LogP contribution in [0.3, 0.4) is 0 Å². The summed E-state index contributed by atoms with van der Waals surface area (Å²) in [6, 6.07) is 5.05. The Hall–Kier alpha value is -2.01. The third-order valence-corrected chi connectivity index (χ3v) is 3.80. The molecule has 0 radical (unpaired) electrons. The third kappa shape index (κ3) is 3.76. The van der Waals surface area contributed by atoms with Gasteiger partial charge < -0.3 is 15.3 Å². The summed E-state index contributed by atoms with van der Waals surface area (Å²) in [4.78, 5) is 25.2. The Balaban J connectivity index is 2.12. The van der Waals surface area contributed by atoms with Gasteiger partial charge in [0.1, 0.15) is 0 Å². The van der Waals surface area contributed by atoms with Gasteiger partial charge in [0.15, 0.2) is 6.04 Å². The molecule has 0 saturated heterocycles. The summed E-state index contributed by atoms with van der Waals surface area (Å²) in [5.41, 5.74) is 1.61. The zero-order valence-corrected chi connectivity index (χ0v) is 12.4. The number of hydrogen-bond donors (Lipinski definition) is 2. The molecule has 1 aromatic rings. The van der Waals surface area contributed by atoms with Crippen molar-refractivity contribution < 1.29 is 14.7 Å². The predicted octanol–water partition coefficient (Wildman–Crippen LogP) is 2.83. The van der Waals surface area contributed by atoms with Gasteiger partial charge in [-0.05, 0) is 19.4 Å². The first-order chi connectivity index (χ1) is 9.99. The number of benzene rings is 1. The molecule has 2 N–H and O–H groups in total. The van der Waals surface area contributed by atoms with E-state index in [1.165, 1.54) is 5.57 Å². The Bertz CT molecular complexity index is 586. The van der Waals surface area contributed by atoms with E-state index in [1.807, 2.05) is 13.0 Å². The summed E-state index contributed by atoms with van der Waals surface area (Å²) in [7, 11) is 0. The van der Waals surface area contributed by atoms with Crippen molar-refractivity contribution in [3.05, 3.63) is 46.5 Å². The monoisotopic (exact) mass is 308 g/mol. The molecule has 0 unspecified atom stereocenters. The molecule has 1 atom stereocenters. The van der Waals surface area contributed by atoms with Crippen molar-refractivity contribution in [2.75, 3.05) is 13.1 Å². The van der Waals surface area contributed by atoms with E-state index in [9.17, 15) is 14.7 Å². The number of carboxylic acids is 1. The fourth-order valence-corrected chi connectivity index (χ4v) is 2.40. The molecule has 21 heavy (non-hydrogen) atoms. The lowest BCUT2D eigenvalue weighted by molar-refractivity contribution is -0.139. The minimum absolute atomic E-state index is 0.319. The normalized spacial score (nSPS) is 16.1. The van der Waals surface area contributed by atoms with Crippen LogP contribution in [0.15, 0.2) is 35.9 Å². The molecule has 1 aliphatic heterocycles. The number of carbonyl (C=O) groups excluding carboxylic acids is 1. The lowest BCUT2D eigenvalue weighted by Crippen LogP contribution is -2.45. The molecule has 6 heteroatoms. The largest absolute Gasteiger partial charge is 0.479 e. The molecule has 0 saturated carbocycles. The van der Waals surface area contributed by atoms with E-state index in [2.05, 4.69) is 5.32 Å². The third-order valence-electron chi connectivity index (χ3n) is 3.45. The Labute approximate surface area is 128 Å². The van der Waals surface area contributed by atoms with E-state index in [0.717, 1.165) is 6.42 Å². The number of nitrogens with zero attached hydrogens (tertiary/aromatic N) is 1. The van der Waals surface area contributed by atoms with Gasteiger partial charge in [-0.1, -0.05) is 41.4 Å². The molecule has 1 aromatic carbocycles. The highest BCUT2D eigenvalue weighted by molar-refractivity contribution is 6.31. The number of halogens is 1. The molecule has 0 aromatic heterocycles. The van der Waals surface area contributed by atoms with Crippen LogP contribution in [0.25, 0.3) is 0 Å². The Morgan fingerprint density at radius 2 is 2.10 bits per heavy atom. The molecule has 0 bridgehead atoms. The molecule has 1 aliphatic rings. The van der Waals surface area contributed by atoms with Crippen LogP contribution in [-0.4, -0.2) is 35.1 Å². The van der Waals surface area contributed by atoms with Crippen LogP contribution in [0.2, 0.25) is 5.02 Å². The quantitative estimate of drug-likeness (QED) is 0.844. The second-order valence-corrected chi connectivity index (χ2v) is 5.40. The number of carboxylic acid groups (broad SMARTS) is 1. The number of nitrogens with one attached hydrogen (secondary N) is 1. The van der Waals surface area contributed by atoms with E-state index in [-0.39, 0.29) is 0 Å². The molecule has 5 nitrogen and oxygen atoms in total. The van der Waals surface area contributed by atoms with Gasteiger partial charge in [0.2, 0.25) is 0 Å². The van der Waals surface area contributed by atoms with E-state index >= 15 is 0 Å². The first-order valence-electron chi connectivity index (χ1n) is 6.67. The summed E-state index contributed by atoms with van der Waals surface area (Å²) in [5, 5.41) is 12.2. The number of hydrogen-bond acceptors (Lipinski definition) is 2. The first-order valence-corrected chi connectivity index (χ1v) is 7.05. The molecule has 0 aliphatic carbocycles. The standard InChI is InChI=1S/C15H17ClN2O3/c1-10-6-8-18(9-7-10)15(21)17-13(14(19)20)11-4-2-3-5-12(11)16/h2-6,13H,7-9H2,1H3,(H,17,21)(H,19,20)/t13-/m1/s1. The van der Waals surface area contributed by atoms with Gasteiger partial charge in [-0.25, -0.2) is 9.59 Å². The molecular formula is C15H17ClN2O3. The van der Waals surface area contributed by atoms with Crippen molar-refractivity contribution in [2.45, 2.75) is 19.4 Å². The number of carbonyl (C=O) groups is 2. The second kappa shape index (κ2) is 6.63. The second-order valence-electron chi connectivity index (χ2n) is 4.99. The summed E-state index contributed by atoms with van der Waals surface area (Å²) in [5.74, 6) is -1.14. The van der Waals surface area contributed by atoms with Crippen LogP contribution < -0.4 is 5.32 Å². The first kappa shape index (κ1) is 15.4. The van der Waals surface area contributed by atoms with Gasteiger partial charge in [0.25, 0.3) is 0 Å². The maximum absolute atomic E-state index is 12.2. The summed E-state index contributed by atoms with van der Waals surface area (Å²) in [6.45, 7) is 3.09. The van der Waals surface area contributed by atoms with Gasteiger partial charge in [-0.3, -0.25) is 0 Å². The molecule has 112 valence electrons. The van der Waals surface area contributed by atoms with Gasteiger partial charge in [0.05, 0.1) is 0 Å². The minimum atomic E-state index is -1.15. The lowest BCUT2D eigenvalue weighted by Gasteiger charge is -2.27. The molecule has 2 amide bonds. The zero-order chi connectivity index (χ0) is 15.4. The maximum Gasteiger partial charge on any atom is 0.331 e. The van der Waals surface area contributed by atoms with Gasteiger partial charge in [-0.2, -0.15) is 0 Å². The topological polar surface area (TPSA) is 69.6 Å². The minimum Gasteiger partial charge on any atom is -0.479 e. The average Bonchev–Trinajstić information content (AvgIpc) is 2.46. The summed E-state index contributed by atoms with van der Waals surface area (Å²) >= 11 is 6.01. The van der Waals surface area contributed by atoms with E-state index < -0.39 is 18.0 Å². The lowest BCUT2D eigenvalue weighted by atomic mass is 10.1. The Morgan fingerprint density at radius 1 is 1.38 bits per heavy atom. The fraction of sp³-hybridized carbons (Fsp3) is 0.333. The van der Waals surface area contributed by atoms with Crippen LogP contribution in [0.5, 0.6) is 0 Å². The highest BCUT2D eigenvalue weighted by Gasteiger charge is 2.26. The Morgan fingerprint density at radius 3 is 2.67 bits per heavy atom. The van der Waals surface area contributed by atoms with Crippen LogP contribution in [0.1, 0.15) is 24.9 Å². The number of aliphatic carboxylic acids is 1. The average molecular weight is 309 g/mol. The summed E-state index contributed by atoms with van der Waals surface area (Å²) in [6.07, 6.45) is 2.77. The van der Waals surface area contributed by atoms with Gasteiger partial charge in [-0.15, -0.1) is 0 Å². The van der Waals surface area contributed by atoms with E-state index in [0.29, 0.717) is 23.7 Å². The van der Waals surface area contributed by atoms with E-state index in [4.69, 9.17) is 11.6 Å². The highest BCUT2D eigenvalue weighted by Crippen LogP contribution is 2.23. The smallest absolute Gasteiger partial charge is 0.331 e. The van der Waals surface area contributed by atoms with Crippen LogP contribution in [0, 0.1) is 0 Å². The van der Waals surface area contributed by atoms with Crippen molar-refractivity contribution in [3.63, 3.8) is 0 Å². The van der Waals surface area contributed by atoms with Crippen LogP contribution in [0.4, 0.5) is 4.79 Å². The molecule has 2 rings (SSSR count). The number of urea groups is 1. The molecule has 0 fully saturated rings. The van der Waals surface area contributed by atoms with Crippen molar-refractivity contribution in [1.29, 1.82) is 0 Å². The maximum atomic E-state index is 12.2. The van der Waals surface area contributed by atoms with Gasteiger partial charge in [0, 0.05) is 23.7 Å². The van der Waals surface area contributed by atoms with E-state index in [1.54, 1.807) is 29.2 Å². The van der Waals surface area contributed by atoms with Crippen LogP contribution in [-0.2, 0) is 4.79 Å². The Kier molecular flexibility index (Phi) is 4.85. The number of amides is 2. The zero-order valence-electron chi connectivity index (χ0n) is 11.7. The van der Waals surface area contributed by atoms with Gasteiger partial charge >= 0.3 is 12.0 Å². The number of rotatable bonds is 3. The van der Waals surface area contributed by atoms with Crippen molar-refractivity contribution in [2.24, 2.45) is 0 Å². The van der Waals surface area contributed by atoms with Crippen LogP contribution >= 0.6 is 11.6 Å². The van der Waals surface area contributed by atoms with Crippen molar-refractivity contribution in [3.8, 4) is 0 Å². The SMILES string of the molecule is CC1=CCN(C(=O)N[C@@H](C(=O)O)c2ccccc2Cl)CC1. The fourth-order valence-electron chi connectivity index (χ4n) is 2.15. The molecule has 0 spiro atoms. The van der Waals surface area contributed by atoms with Crippen molar-refractivity contribution >= 4 is 23.6 Å². The molecular weight excluding hydrogens is 292 g/mol. The summed E-state index contributed by atoms with van der Waals surface area (Å²) < 4.78 is 0.